The third-order valence-corrected chi connectivity index (χ3v) is 4.80. The average Bonchev–Trinajstić information content (AvgIpc) is 3.01. The Morgan fingerprint density at radius 3 is 2.50 bits per heavy atom. The maximum absolute atomic E-state index is 12.7. The van der Waals surface area contributed by atoms with Crippen molar-refractivity contribution in [2.75, 3.05) is 18.1 Å². The van der Waals surface area contributed by atoms with Crippen molar-refractivity contribution in [2.45, 2.75) is 39.2 Å². The van der Waals surface area contributed by atoms with Crippen molar-refractivity contribution in [1.29, 1.82) is 0 Å². The molecule has 2 atom stereocenters. The number of carboxylic acids is 1. The van der Waals surface area contributed by atoms with Crippen LogP contribution in [0.15, 0.2) is 29.4 Å². The normalized spacial score (nSPS) is 24.0. The van der Waals surface area contributed by atoms with Gasteiger partial charge in [0.25, 0.3) is 5.91 Å². The smallest absolute Gasteiger partial charge is 0.326 e. The summed E-state index contributed by atoms with van der Waals surface area (Å²) in [6.07, 6.45) is 2.31. The van der Waals surface area contributed by atoms with E-state index >= 15 is 0 Å². The molecule has 0 radical (unpaired) electrons. The Balaban J connectivity index is 1.76. The number of hydrogen-bond donors (Lipinski definition) is 1. The zero-order valence-electron chi connectivity index (χ0n) is 14.1. The SMILES string of the molecule is CC1=NN(c2ccc(C(=O)N3CCC(C)CC3C(=O)O)cc2)CC1. The molecule has 1 N–H and O–H groups in total. The predicted octanol–water partition coefficient (Wildman–Crippen LogP) is 2.60. The number of nitrogens with zero attached hydrogens (tertiary/aromatic N) is 3. The molecule has 24 heavy (non-hydrogen) atoms. The van der Waals surface area contributed by atoms with Crippen LogP contribution in [0.5, 0.6) is 0 Å². The molecule has 3 rings (SSSR count). The van der Waals surface area contributed by atoms with Crippen molar-refractivity contribution >= 4 is 23.3 Å². The number of carboxylic acid groups (broad SMARTS) is 1. The van der Waals surface area contributed by atoms with Gasteiger partial charge in [-0.1, -0.05) is 6.92 Å². The van der Waals surface area contributed by atoms with Crippen molar-refractivity contribution in [1.82, 2.24) is 4.90 Å². The molecule has 1 aromatic rings. The van der Waals surface area contributed by atoms with Gasteiger partial charge in [-0.3, -0.25) is 9.80 Å². The van der Waals surface area contributed by atoms with Gasteiger partial charge in [-0.25, -0.2) is 4.79 Å². The number of benzene rings is 1. The molecule has 0 saturated carbocycles. The molecule has 0 spiro atoms. The monoisotopic (exact) mass is 329 g/mol. The first-order chi connectivity index (χ1) is 11.5. The van der Waals surface area contributed by atoms with Gasteiger partial charge in [0.2, 0.25) is 0 Å². The van der Waals surface area contributed by atoms with E-state index in [1.165, 1.54) is 4.90 Å². The number of carbonyl (C=O) groups is 2. The summed E-state index contributed by atoms with van der Waals surface area (Å²) in [5.41, 5.74) is 2.58. The van der Waals surface area contributed by atoms with Crippen molar-refractivity contribution < 1.29 is 14.7 Å². The second kappa shape index (κ2) is 6.63. The fraction of sp³-hybridized carbons (Fsp3) is 0.500. The van der Waals surface area contributed by atoms with Crippen LogP contribution in [0, 0.1) is 5.92 Å². The average molecular weight is 329 g/mol. The van der Waals surface area contributed by atoms with Crippen molar-refractivity contribution in [2.24, 2.45) is 11.0 Å². The minimum atomic E-state index is -0.923. The zero-order valence-corrected chi connectivity index (χ0v) is 14.1. The topological polar surface area (TPSA) is 73.2 Å². The highest BCUT2D eigenvalue weighted by molar-refractivity contribution is 5.97. The number of hydrazone groups is 1. The van der Waals surface area contributed by atoms with Crippen molar-refractivity contribution in [3.8, 4) is 0 Å². The van der Waals surface area contributed by atoms with Gasteiger partial charge in [-0.15, -0.1) is 0 Å². The standard InChI is InChI=1S/C18H23N3O3/c1-12-7-9-20(16(11-12)18(23)24)17(22)14-3-5-15(6-4-14)21-10-8-13(2)19-21/h3-6,12,16H,7-11H2,1-2H3,(H,23,24). The molecule has 1 amide bonds. The quantitative estimate of drug-likeness (QED) is 0.925. The molecule has 6 heteroatoms. The summed E-state index contributed by atoms with van der Waals surface area (Å²) in [6, 6.07) is 6.54. The Hall–Kier alpha value is -2.37. The van der Waals surface area contributed by atoms with E-state index in [0.717, 1.165) is 30.8 Å². The minimum absolute atomic E-state index is 0.207. The van der Waals surface area contributed by atoms with Crippen LogP contribution in [0.2, 0.25) is 0 Å². The highest BCUT2D eigenvalue weighted by atomic mass is 16.4. The Kier molecular flexibility index (Phi) is 4.55. The lowest BCUT2D eigenvalue weighted by atomic mass is 9.92. The highest BCUT2D eigenvalue weighted by Crippen LogP contribution is 2.26. The summed E-state index contributed by atoms with van der Waals surface area (Å²) < 4.78 is 0. The summed E-state index contributed by atoms with van der Waals surface area (Å²) in [4.78, 5) is 25.7. The Labute approximate surface area is 141 Å². The van der Waals surface area contributed by atoms with Gasteiger partial charge < -0.3 is 10.0 Å². The summed E-state index contributed by atoms with van der Waals surface area (Å²) in [6.45, 7) is 5.38. The number of amides is 1. The lowest BCUT2D eigenvalue weighted by molar-refractivity contribution is -0.144. The molecule has 2 aliphatic heterocycles. The Bertz CT molecular complexity index is 669. The fourth-order valence-corrected chi connectivity index (χ4v) is 3.32. The molecule has 1 saturated heterocycles. The summed E-state index contributed by atoms with van der Waals surface area (Å²) >= 11 is 0. The first-order valence-electron chi connectivity index (χ1n) is 8.41. The Morgan fingerprint density at radius 1 is 1.21 bits per heavy atom. The molecule has 0 aliphatic carbocycles. The van der Waals surface area contributed by atoms with E-state index in [9.17, 15) is 14.7 Å². The molecular formula is C18H23N3O3. The largest absolute Gasteiger partial charge is 0.480 e. The van der Waals surface area contributed by atoms with Gasteiger partial charge in [-0.2, -0.15) is 5.10 Å². The van der Waals surface area contributed by atoms with E-state index < -0.39 is 12.0 Å². The molecular weight excluding hydrogens is 306 g/mol. The number of aliphatic carboxylic acids is 1. The number of rotatable bonds is 3. The van der Waals surface area contributed by atoms with Crippen LogP contribution >= 0.6 is 0 Å². The van der Waals surface area contributed by atoms with Crippen LogP contribution in [-0.4, -0.2) is 46.7 Å². The second-order valence-corrected chi connectivity index (χ2v) is 6.74. The van der Waals surface area contributed by atoms with E-state index in [4.69, 9.17) is 0 Å². The molecule has 2 heterocycles. The number of anilines is 1. The van der Waals surface area contributed by atoms with E-state index in [1.807, 2.05) is 31.0 Å². The number of piperidine rings is 1. The number of hydrogen-bond acceptors (Lipinski definition) is 4. The molecule has 1 aromatic carbocycles. The van der Waals surface area contributed by atoms with Crippen molar-refractivity contribution in [3.05, 3.63) is 29.8 Å². The van der Waals surface area contributed by atoms with Crippen molar-refractivity contribution in [3.63, 3.8) is 0 Å². The molecule has 0 bridgehead atoms. The maximum atomic E-state index is 12.7. The number of likely N-dealkylation sites (tertiary alicyclic amines) is 1. The van der Waals surface area contributed by atoms with Crippen LogP contribution in [0.3, 0.4) is 0 Å². The van der Waals surface area contributed by atoms with E-state index in [-0.39, 0.29) is 5.91 Å². The van der Waals surface area contributed by atoms with Crippen LogP contribution < -0.4 is 5.01 Å². The molecule has 1 fully saturated rings. The highest BCUT2D eigenvalue weighted by Gasteiger charge is 2.35. The predicted molar refractivity (Wildman–Crippen MR) is 92.4 cm³/mol. The summed E-state index contributed by atoms with van der Waals surface area (Å²) in [5.74, 6) is -0.802. The van der Waals surface area contributed by atoms with E-state index in [0.29, 0.717) is 24.4 Å². The van der Waals surface area contributed by atoms with Gasteiger partial charge in [0.15, 0.2) is 0 Å². The fourth-order valence-electron chi connectivity index (χ4n) is 3.32. The summed E-state index contributed by atoms with van der Waals surface area (Å²) in [7, 11) is 0. The molecule has 6 nitrogen and oxygen atoms in total. The van der Waals surface area contributed by atoms with E-state index in [2.05, 4.69) is 5.10 Å². The van der Waals surface area contributed by atoms with Gasteiger partial charge in [-0.05, 0) is 49.9 Å². The third kappa shape index (κ3) is 3.27. The van der Waals surface area contributed by atoms with Crippen LogP contribution in [0.4, 0.5) is 5.69 Å². The Morgan fingerprint density at radius 2 is 1.92 bits per heavy atom. The molecule has 2 aliphatic rings. The number of carbonyl (C=O) groups excluding carboxylic acids is 1. The molecule has 128 valence electrons. The lowest BCUT2D eigenvalue weighted by Gasteiger charge is -2.36. The summed E-state index contributed by atoms with van der Waals surface area (Å²) in [5, 5.41) is 15.8. The van der Waals surface area contributed by atoms with Gasteiger partial charge in [0.05, 0.1) is 5.69 Å². The van der Waals surface area contributed by atoms with Gasteiger partial charge >= 0.3 is 5.97 Å². The first-order valence-corrected chi connectivity index (χ1v) is 8.41. The second-order valence-electron chi connectivity index (χ2n) is 6.74. The van der Waals surface area contributed by atoms with Crippen LogP contribution in [0.1, 0.15) is 43.5 Å². The van der Waals surface area contributed by atoms with E-state index in [1.54, 1.807) is 12.1 Å². The van der Waals surface area contributed by atoms with Crippen LogP contribution in [0.25, 0.3) is 0 Å². The maximum Gasteiger partial charge on any atom is 0.326 e. The molecule has 0 aromatic heterocycles. The lowest BCUT2D eigenvalue weighted by Crippen LogP contribution is -2.49. The van der Waals surface area contributed by atoms with Gasteiger partial charge in [0, 0.05) is 30.8 Å². The van der Waals surface area contributed by atoms with Gasteiger partial charge in [0.1, 0.15) is 6.04 Å². The molecule has 2 unspecified atom stereocenters. The minimum Gasteiger partial charge on any atom is -0.480 e. The zero-order chi connectivity index (χ0) is 17.3. The first kappa shape index (κ1) is 16.5. The third-order valence-electron chi connectivity index (χ3n) is 4.80. The van der Waals surface area contributed by atoms with Crippen LogP contribution in [-0.2, 0) is 4.79 Å².